The summed E-state index contributed by atoms with van der Waals surface area (Å²) < 4.78 is 28.4. The van der Waals surface area contributed by atoms with Gasteiger partial charge in [-0.3, -0.25) is 4.68 Å². The summed E-state index contributed by atoms with van der Waals surface area (Å²) in [6.45, 7) is 7.58. The number of hydrogen-bond acceptors (Lipinski definition) is 4. The van der Waals surface area contributed by atoms with Crippen LogP contribution in [-0.2, 0) is 16.6 Å². The fraction of sp³-hybridized carbons (Fsp3) is 0.769. The molecule has 116 valence electrons. The first kappa shape index (κ1) is 17.1. The van der Waals surface area contributed by atoms with Gasteiger partial charge in [0.25, 0.3) is 0 Å². The average Bonchev–Trinajstić information content (AvgIpc) is 2.68. The largest absolute Gasteiger partial charge is 0.318 e. The molecule has 0 amide bonds. The van der Waals surface area contributed by atoms with E-state index in [-0.39, 0.29) is 0 Å². The summed E-state index contributed by atoms with van der Waals surface area (Å²) in [5.41, 5.74) is 1.28. The van der Waals surface area contributed by atoms with Crippen molar-refractivity contribution in [2.45, 2.75) is 45.1 Å². The van der Waals surface area contributed by atoms with E-state index in [0.29, 0.717) is 29.4 Å². The molecule has 0 aliphatic carbocycles. The van der Waals surface area contributed by atoms with Gasteiger partial charge < -0.3 is 5.32 Å². The SMILES string of the molecule is CCCCN(C)S(=O)(=O)c1c(C)nn(CCNC)c1C. The third kappa shape index (κ3) is 3.59. The third-order valence-electron chi connectivity index (χ3n) is 3.38. The number of nitrogens with one attached hydrogen (secondary N) is 1. The molecule has 0 saturated heterocycles. The molecule has 0 aliphatic heterocycles. The molecule has 1 N–H and O–H groups in total. The topological polar surface area (TPSA) is 67.2 Å². The van der Waals surface area contributed by atoms with E-state index in [0.717, 1.165) is 19.4 Å². The minimum Gasteiger partial charge on any atom is -0.318 e. The predicted octanol–water partition coefficient (Wildman–Crippen LogP) is 1.14. The highest BCUT2D eigenvalue weighted by atomic mass is 32.2. The van der Waals surface area contributed by atoms with Gasteiger partial charge in [-0.1, -0.05) is 13.3 Å². The number of aryl methyl sites for hydroxylation is 1. The van der Waals surface area contributed by atoms with Crippen LogP contribution in [0.5, 0.6) is 0 Å². The number of nitrogens with zero attached hydrogens (tertiary/aromatic N) is 3. The highest BCUT2D eigenvalue weighted by molar-refractivity contribution is 7.89. The summed E-state index contributed by atoms with van der Waals surface area (Å²) in [6.07, 6.45) is 1.83. The maximum absolute atomic E-state index is 12.6. The van der Waals surface area contributed by atoms with Crippen LogP contribution in [0.4, 0.5) is 0 Å². The van der Waals surface area contributed by atoms with Crippen molar-refractivity contribution in [2.24, 2.45) is 0 Å². The quantitative estimate of drug-likeness (QED) is 0.782. The van der Waals surface area contributed by atoms with E-state index in [9.17, 15) is 8.42 Å². The van der Waals surface area contributed by atoms with Gasteiger partial charge >= 0.3 is 0 Å². The van der Waals surface area contributed by atoms with Crippen molar-refractivity contribution in [1.82, 2.24) is 19.4 Å². The Balaban J connectivity index is 3.09. The fourth-order valence-corrected chi connectivity index (χ4v) is 3.72. The first-order chi connectivity index (χ1) is 9.36. The van der Waals surface area contributed by atoms with Crippen LogP contribution in [0, 0.1) is 13.8 Å². The maximum Gasteiger partial charge on any atom is 0.246 e. The summed E-state index contributed by atoms with van der Waals surface area (Å²) in [4.78, 5) is 0.354. The van der Waals surface area contributed by atoms with Crippen LogP contribution in [0.25, 0.3) is 0 Å². The van der Waals surface area contributed by atoms with E-state index in [4.69, 9.17) is 0 Å². The molecular weight excluding hydrogens is 276 g/mol. The smallest absolute Gasteiger partial charge is 0.246 e. The Kier molecular flexibility index (Phi) is 6.16. The predicted molar refractivity (Wildman–Crippen MR) is 80.4 cm³/mol. The molecule has 0 atom stereocenters. The van der Waals surface area contributed by atoms with Gasteiger partial charge in [-0.15, -0.1) is 0 Å². The Bertz CT molecular complexity index is 537. The molecule has 20 heavy (non-hydrogen) atoms. The molecule has 0 aromatic carbocycles. The lowest BCUT2D eigenvalue weighted by Crippen LogP contribution is -2.28. The van der Waals surface area contributed by atoms with Gasteiger partial charge in [0.2, 0.25) is 10.0 Å². The number of unbranched alkanes of at least 4 members (excludes halogenated alkanes) is 1. The molecule has 0 unspecified atom stereocenters. The highest BCUT2D eigenvalue weighted by Crippen LogP contribution is 2.22. The molecule has 0 aliphatic rings. The minimum absolute atomic E-state index is 0.354. The van der Waals surface area contributed by atoms with E-state index in [1.165, 1.54) is 4.31 Å². The molecule has 0 radical (unpaired) electrons. The van der Waals surface area contributed by atoms with E-state index >= 15 is 0 Å². The van der Waals surface area contributed by atoms with E-state index in [1.807, 2.05) is 20.9 Å². The Morgan fingerprint density at radius 3 is 2.55 bits per heavy atom. The van der Waals surface area contributed by atoms with Gasteiger partial charge in [0.15, 0.2) is 0 Å². The van der Waals surface area contributed by atoms with Gasteiger partial charge in [0, 0.05) is 20.1 Å². The summed E-state index contributed by atoms with van der Waals surface area (Å²) in [5, 5.41) is 7.39. The molecule has 0 fully saturated rings. The third-order valence-corrected chi connectivity index (χ3v) is 5.49. The van der Waals surface area contributed by atoms with Gasteiger partial charge in [-0.25, -0.2) is 12.7 Å². The first-order valence-corrected chi connectivity index (χ1v) is 8.45. The number of sulfonamides is 1. The van der Waals surface area contributed by atoms with Crippen molar-refractivity contribution in [1.29, 1.82) is 0 Å². The second kappa shape index (κ2) is 7.19. The van der Waals surface area contributed by atoms with Gasteiger partial charge in [-0.05, 0) is 27.3 Å². The lowest BCUT2D eigenvalue weighted by molar-refractivity contribution is 0.458. The fourth-order valence-electron chi connectivity index (χ4n) is 2.15. The monoisotopic (exact) mass is 302 g/mol. The molecular formula is C13H26N4O2S. The standard InChI is InChI=1S/C13H26N4O2S/c1-6-7-9-16(5)20(18,19)13-11(2)15-17(12(13)3)10-8-14-4/h14H,6-10H2,1-5H3. The van der Waals surface area contributed by atoms with Crippen LogP contribution in [-0.4, -0.2) is 49.7 Å². The van der Waals surface area contributed by atoms with Gasteiger partial charge in [0.05, 0.1) is 17.9 Å². The Hall–Kier alpha value is -0.920. The first-order valence-electron chi connectivity index (χ1n) is 7.01. The van der Waals surface area contributed by atoms with Crippen molar-refractivity contribution >= 4 is 10.0 Å². The molecule has 1 aromatic heterocycles. The van der Waals surface area contributed by atoms with E-state index in [1.54, 1.807) is 18.7 Å². The number of likely N-dealkylation sites (N-methyl/N-ethyl adjacent to an activating group) is 1. The second-order valence-corrected chi connectivity index (χ2v) is 6.99. The van der Waals surface area contributed by atoms with Crippen LogP contribution in [0.3, 0.4) is 0 Å². The zero-order valence-electron chi connectivity index (χ0n) is 13.1. The molecule has 0 bridgehead atoms. The Morgan fingerprint density at radius 1 is 1.35 bits per heavy atom. The summed E-state index contributed by atoms with van der Waals surface area (Å²) in [7, 11) is 0.0495. The zero-order chi connectivity index (χ0) is 15.3. The second-order valence-electron chi connectivity index (χ2n) is 5.01. The average molecular weight is 302 g/mol. The maximum atomic E-state index is 12.6. The summed E-state index contributed by atoms with van der Waals surface area (Å²) in [6, 6.07) is 0. The molecule has 0 saturated carbocycles. The highest BCUT2D eigenvalue weighted by Gasteiger charge is 2.28. The lowest BCUT2D eigenvalue weighted by atomic mass is 10.3. The van der Waals surface area contributed by atoms with Crippen LogP contribution in [0.2, 0.25) is 0 Å². The Labute approximate surface area is 122 Å². The van der Waals surface area contributed by atoms with Crippen LogP contribution in [0.1, 0.15) is 31.2 Å². The normalized spacial score (nSPS) is 12.3. The van der Waals surface area contributed by atoms with Gasteiger partial charge in [-0.2, -0.15) is 5.10 Å². The van der Waals surface area contributed by atoms with E-state index < -0.39 is 10.0 Å². The molecule has 1 aromatic rings. The minimum atomic E-state index is -3.45. The lowest BCUT2D eigenvalue weighted by Gasteiger charge is -2.17. The number of rotatable bonds is 8. The zero-order valence-corrected chi connectivity index (χ0v) is 13.9. The van der Waals surface area contributed by atoms with Crippen molar-refractivity contribution in [3.8, 4) is 0 Å². The van der Waals surface area contributed by atoms with Crippen LogP contribution in [0.15, 0.2) is 4.90 Å². The van der Waals surface area contributed by atoms with Gasteiger partial charge in [0.1, 0.15) is 4.90 Å². The number of aromatic nitrogens is 2. The molecule has 1 heterocycles. The molecule has 6 nitrogen and oxygen atoms in total. The Morgan fingerprint density at radius 2 is 2.00 bits per heavy atom. The molecule has 7 heteroatoms. The summed E-state index contributed by atoms with van der Waals surface area (Å²) >= 11 is 0. The van der Waals surface area contributed by atoms with Crippen molar-refractivity contribution in [2.75, 3.05) is 27.2 Å². The van der Waals surface area contributed by atoms with E-state index in [2.05, 4.69) is 10.4 Å². The van der Waals surface area contributed by atoms with Crippen LogP contribution >= 0.6 is 0 Å². The van der Waals surface area contributed by atoms with Crippen molar-refractivity contribution < 1.29 is 8.42 Å². The molecule has 1 rings (SSSR count). The number of hydrogen-bond donors (Lipinski definition) is 1. The van der Waals surface area contributed by atoms with Crippen LogP contribution < -0.4 is 5.32 Å². The van der Waals surface area contributed by atoms with Crippen molar-refractivity contribution in [3.05, 3.63) is 11.4 Å². The molecule has 0 spiro atoms. The summed E-state index contributed by atoms with van der Waals surface area (Å²) in [5.74, 6) is 0. The van der Waals surface area contributed by atoms with Crippen molar-refractivity contribution in [3.63, 3.8) is 0 Å².